The molecule has 0 unspecified atom stereocenters. The third-order valence-corrected chi connectivity index (χ3v) is 5.97. The first-order valence-corrected chi connectivity index (χ1v) is 10.8. The van der Waals surface area contributed by atoms with Crippen molar-refractivity contribution in [1.82, 2.24) is 4.90 Å². The molecule has 1 heterocycles. The fraction of sp³-hybridized carbons (Fsp3) is 0.304. The summed E-state index contributed by atoms with van der Waals surface area (Å²) in [6.07, 6.45) is 2.56. The third kappa shape index (κ3) is 5.55. The van der Waals surface area contributed by atoms with Crippen LogP contribution in [0.3, 0.4) is 0 Å². The molecule has 2 aromatic carbocycles. The predicted molar refractivity (Wildman–Crippen MR) is 125 cm³/mol. The lowest BCUT2D eigenvalue weighted by atomic mass is 10.1. The summed E-state index contributed by atoms with van der Waals surface area (Å²) in [7, 11) is 3.28. The molecular weight excluding hydrogens is 418 g/mol. The minimum Gasteiger partial charge on any atom is -0.493 e. The topological polar surface area (TPSA) is 48.0 Å². The Kier molecular flexibility index (Phi) is 7.39. The van der Waals surface area contributed by atoms with E-state index in [9.17, 15) is 4.79 Å². The maximum atomic E-state index is 12.2. The molecule has 1 fully saturated rings. The number of likely N-dealkylation sites (N-methyl/N-ethyl adjacent to an activating group) is 1. The van der Waals surface area contributed by atoms with Crippen LogP contribution < -0.4 is 14.2 Å². The number of aryl methyl sites for hydroxylation is 2. The van der Waals surface area contributed by atoms with E-state index in [0.29, 0.717) is 33.9 Å². The molecule has 158 valence electrons. The fourth-order valence-electron chi connectivity index (χ4n) is 3.04. The van der Waals surface area contributed by atoms with Gasteiger partial charge in [-0.05, 0) is 60.9 Å². The van der Waals surface area contributed by atoms with E-state index in [1.54, 1.807) is 14.2 Å². The molecule has 0 N–H and O–H groups in total. The molecule has 30 heavy (non-hydrogen) atoms. The molecule has 7 heteroatoms. The quantitative estimate of drug-likeness (QED) is 0.325. The summed E-state index contributed by atoms with van der Waals surface area (Å²) in [6.45, 7) is 5.20. The maximum absolute atomic E-state index is 12.2. The molecular formula is C23H25NO4S2. The molecule has 0 aliphatic carbocycles. The van der Waals surface area contributed by atoms with Gasteiger partial charge in [-0.1, -0.05) is 36.1 Å². The number of benzene rings is 2. The van der Waals surface area contributed by atoms with Crippen molar-refractivity contribution in [2.75, 3.05) is 27.4 Å². The Balaban J connectivity index is 1.55. The highest BCUT2D eigenvalue weighted by Gasteiger charge is 2.28. The van der Waals surface area contributed by atoms with Crippen LogP contribution >= 0.6 is 24.0 Å². The van der Waals surface area contributed by atoms with E-state index in [1.807, 2.05) is 36.4 Å². The van der Waals surface area contributed by atoms with Crippen molar-refractivity contribution in [3.63, 3.8) is 0 Å². The van der Waals surface area contributed by atoms with Gasteiger partial charge in [0, 0.05) is 13.5 Å². The molecule has 3 rings (SSSR count). The van der Waals surface area contributed by atoms with Gasteiger partial charge in [-0.15, -0.1) is 0 Å². The Morgan fingerprint density at radius 2 is 1.73 bits per heavy atom. The highest BCUT2D eigenvalue weighted by atomic mass is 32.2. The molecule has 0 spiro atoms. The van der Waals surface area contributed by atoms with Crippen molar-refractivity contribution >= 4 is 40.3 Å². The lowest BCUT2D eigenvalue weighted by molar-refractivity contribution is -0.121. The molecule has 0 bridgehead atoms. The number of carbonyl (C=O) groups excluding carboxylic acids is 1. The molecule has 0 atom stereocenters. The number of hydrogen-bond acceptors (Lipinski definition) is 6. The smallest absolute Gasteiger partial charge is 0.265 e. The molecule has 1 saturated heterocycles. The Labute approximate surface area is 187 Å². The first-order valence-electron chi connectivity index (χ1n) is 9.61. The van der Waals surface area contributed by atoms with Gasteiger partial charge >= 0.3 is 0 Å². The molecule has 2 aromatic rings. The number of methoxy groups -OCH3 is 1. The molecule has 0 aromatic heterocycles. The monoisotopic (exact) mass is 443 g/mol. The SMILES string of the molecule is COc1cc(C=C2SC(=S)N(C)C2=O)ccc1OCCCOc1cc(C)cc(C)c1. The normalized spacial score (nSPS) is 15.1. The van der Waals surface area contributed by atoms with Crippen molar-refractivity contribution in [3.8, 4) is 17.2 Å². The van der Waals surface area contributed by atoms with Gasteiger partial charge in [0.2, 0.25) is 0 Å². The lowest BCUT2D eigenvalue weighted by Gasteiger charge is -2.12. The Hall–Kier alpha value is -2.51. The number of carbonyl (C=O) groups is 1. The minimum absolute atomic E-state index is 0.0897. The maximum Gasteiger partial charge on any atom is 0.265 e. The Morgan fingerprint density at radius 3 is 2.37 bits per heavy atom. The number of hydrogen-bond donors (Lipinski definition) is 0. The van der Waals surface area contributed by atoms with Crippen molar-refractivity contribution in [1.29, 1.82) is 0 Å². The van der Waals surface area contributed by atoms with E-state index >= 15 is 0 Å². The van der Waals surface area contributed by atoms with Gasteiger partial charge in [0.05, 0.1) is 25.2 Å². The highest BCUT2D eigenvalue weighted by molar-refractivity contribution is 8.26. The summed E-state index contributed by atoms with van der Waals surface area (Å²) in [6, 6.07) is 11.8. The lowest BCUT2D eigenvalue weighted by Crippen LogP contribution is -2.22. The van der Waals surface area contributed by atoms with Gasteiger partial charge in [-0.2, -0.15) is 0 Å². The van der Waals surface area contributed by atoms with Crippen LogP contribution in [0.5, 0.6) is 17.2 Å². The van der Waals surface area contributed by atoms with Gasteiger partial charge in [-0.3, -0.25) is 9.69 Å². The summed E-state index contributed by atoms with van der Waals surface area (Å²) in [5.74, 6) is 2.06. The van der Waals surface area contributed by atoms with E-state index in [2.05, 4.69) is 19.9 Å². The Bertz CT molecular complexity index is 967. The van der Waals surface area contributed by atoms with E-state index in [0.717, 1.165) is 17.7 Å². The second-order valence-corrected chi connectivity index (χ2v) is 8.70. The summed E-state index contributed by atoms with van der Waals surface area (Å²) < 4.78 is 17.7. The average molecular weight is 444 g/mol. The van der Waals surface area contributed by atoms with Crippen LogP contribution in [0.15, 0.2) is 41.3 Å². The van der Waals surface area contributed by atoms with Crippen molar-refractivity contribution in [3.05, 3.63) is 58.0 Å². The molecule has 1 aliphatic heterocycles. The number of thioether (sulfide) groups is 1. The first-order chi connectivity index (χ1) is 14.4. The van der Waals surface area contributed by atoms with Crippen LogP contribution in [0.25, 0.3) is 6.08 Å². The van der Waals surface area contributed by atoms with Crippen LogP contribution in [0.2, 0.25) is 0 Å². The zero-order chi connectivity index (χ0) is 21.7. The summed E-state index contributed by atoms with van der Waals surface area (Å²) in [5, 5.41) is 0. The van der Waals surface area contributed by atoms with Crippen LogP contribution in [0.1, 0.15) is 23.1 Å². The summed E-state index contributed by atoms with van der Waals surface area (Å²) in [5.41, 5.74) is 3.23. The van der Waals surface area contributed by atoms with Crippen molar-refractivity contribution in [2.24, 2.45) is 0 Å². The standard InChI is InChI=1S/C23H25NO4S2/c1-15-10-16(2)12-18(11-15)27-8-5-9-28-19-7-6-17(13-20(19)26-4)14-21-22(25)24(3)23(29)30-21/h6-7,10-14H,5,8-9H2,1-4H3. The second-order valence-electron chi connectivity index (χ2n) is 7.02. The molecule has 1 amide bonds. The Morgan fingerprint density at radius 1 is 1.03 bits per heavy atom. The number of ether oxygens (including phenoxy) is 3. The van der Waals surface area contributed by atoms with E-state index < -0.39 is 0 Å². The van der Waals surface area contributed by atoms with Gasteiger partial charge in [-0.25, -0.2) is 0 Å². The van der Waals surface area contributed by atoms with Crippen molar-refractivity contribution < 1.29 is 19.0 Å². The van der Waals surface area contributed by atoms with Crippen molar-refractivity contribution in [2.45, 2.75) is 20.3 Å². The number of amides is 1. The summed E-state index contributed by atoms with van der Waals surface area (Å²) in [4.78, 5) is 14.2. The molecule has 0 radical (unpaired) electrons. The molecule has 5 nitrogen and oxygen atoms in total. The van der Waals surface area contributed by atoms with E-state index in [-0.39, 0.29) is 5.91 Å². The fourth-order valence-corrected chi connectivity index (χ4v) is 4.22. The average Bonchev–Trinajstić information content (AvgIpc) is 2.94. The second kappa shape index (κ2) is 10.00. The number of rotatable bonds is 8. The largest absolute Gasteiger partial charge is 0.493 e. The summed E-state index contributed by atoms with van der Waals surface area (Å²) >= 11 is 6.46. The van der Waals surface area contributed by atoms with Crippen LogP contribution in [0.4, 0.5) is 0 Å². The van der Waals surface area contributed by atoms with Gasteiger partial charge in [0.25, 0.3) is 5.91 Å². The van der Waals surface area contributed by atoms with Crippen LogP contribution in [-0.4, -0.2) is 42.5 Å². The number of nitrogens with zero attached hydrogens (tertiary/aromatic N) is 1. The third-order valence-electron chi connectivity index (χ3n) is 4.48. The molecule has 1 aliphatic rings. The minimum atomic E-state index is -0.0897. The first kappa shape index (κ1) is 22.2. The van der Waals surface area contributed by atoms with Crippen LogP contribution in [-0.2, 0) is 4.79 Å². The zero-order valence-electron chi connectivity index (χ0n) is 17.6. The van der Waals surface area contributed by atoms with Crippen LogP contribution in [0, 0.1) is 13.8 Å². The van der Waals surface area contributed by atoms with E-state index in [4.69, 9.17) is 26.4 Å². The van der Waals surface area contributed by atoms with Gasteiger partial charge in [0.1, 0.15) is 10.1 Å². The molecule has 0 saturated carbocycles. The highest BCUT2D eigenvalue weighted by Crippen LogP contribution is 2.34. The predicted octanol–water partition coefficient (Wildman–Crippen LogP) is 4.99. The van der Waals surface area contributed by atoms with Gasteiger partial charge < -0.3 is 14.2 Å². The zero-order valence-corrected chi connectivity index (χ0v) is 19.2. The van der Waals surface area contributed by atoms with E-state index in [1.165, 1.54) is 27.8 Å². The number of thiocarbonyl (C=S) groups is 1. The van der Waals surface area contributed by atoms with Gasteiger partial charge in [0.15, 0.2) is 11.5 Å².